The molecule has 2 heterocycles. The Labute approximate surface area is 448 Å². The zero-order valence-corrected chi connectivity index (χ0v) is 48.5. The van der Waals surface area contributed by atoms with Gasteiger partial charge in [0.15, 0.2) is 6.61 Å². The highest BCUT2D eigenvalue weighted by molar-refractivity contribution is 5.75. The van der Waals surface area contributed by atoms with Gasteiger partial charge in [-0.1, -0.05) is 175 Å². The molecule has 2 saturated heterocycles. The maximum Gasteiger partial charge on any atom is 0.316 e. The van der Waals surface area contributed by atoms with Crippen molar-refractivity contribution < 1.29 is 43.5 Å². The summed E-state index contributed by atoms with van der Waals surface area (Å²) in [6.07, 6.45) is 39.8. The molecule has 1 N–H and O–H groups in total. The minimum atomic E-state index is -0.532. The van der Waals surface area contributed by atoms with E-state index < -0.39 is 11.6 Å². The molecule has 428 valence electrons. The van der Waals surface area contributed by atoms with Crippen LogP contribution < -0.4 is 0 Å². The van der Waals surface area contributed by atoms with E-state index in [2.05, 4.69) is 37.5 Å². The van der Waals surface area contributed by atoms with Gasteiger partial charge < -0.3 is 24.2 Å². The van der Waals surface area contributed by atoms with Gasteiger partial charge in [0, 0.05) is 39.1 Å². The fourth-order valence-electron chi connectivity index (χ4n) is 10.8. The summed E-state index contributed by atoms with van der Waals surface area (Å²) in [5.74, 6) is 0.345. The van der Waals surface area contributed by atoms with Gasteiger partial charge in [-0.05, 0) is 103 Å². The molecule has 0 unspecified atom stereocenters. The fraction of sp³-hybridized carbons (Fsp3) is 0.951. The van der Waals surface area contributed by atoms with Crippen LogP contribution in [0.3, 0.4) is 0 Å². The maximum atomic E-state index is 13.5. The van der Waals surface area contributed by atoms with E-state index in [4.69, 9.17) is 19.0 Å². The number of carbonyl (C=O) groups is 3. The molecule has 0 saturated carbocycles. The lowest BCUT2D eigenvalue weighted by Crippen LogP contribution is -2.38. The van der Waals surface area contributed by atoms with Crippen molar-refractivity contribution in [3.05, 3.63) is 4.91 Å². The van der Waals surface area contributed by atoms with E-state index in [1.54, 1.807) is 0 Å². The van der Waals surface area contributed by atoms with E-state index in [9.17, 15) is 24.4 Å². The van der Waals surface area contributed by atoms with Crippen molar-refractivity contribution in [2.45, 2.75) is 316 Å². The lowest BCUT2D eigenvalue weighted by Gasteiger charge is -2.29. The Kier molecular flexibility index (Phi) is 40.0. The molecule has 12 heteroatoms. The van der Waals surface area contributed by atoms with Crippen molar-refractivity contribution in [1.29, 1.82) is 0 Å². The molecule has 2 fully saturated rings. The molecule has 0 aromatic heterocycles. The van der Waals surface area contributed by atoms with Crippen molar-refractivity contribution in [1.82, 2.24) is 9.80 Å². The number of hydrogen-bond donors (Lipinski definition) is 1. The molecule has 73 heavy (non-hydrogen) atoms. The van der Waals surface area contributed by atoms with Crippen LogP contribution in [0.25, 0.3) is 0 Å². The molecule has 0 aliphatic carbocycles. The lowest BCUT2D eigenvalue weighted by atomic mass is 9.87. The molecule has 0 aromatic rings. The average molecular weight is 1040 g/mol. The Hall–Kier alpha value is -2.31. The second kappa shape index (κ2) is 43.8. The largest absolute Gasteiger partial charge is 0.465 e. The van der Waals surface area contributed by atoms with Gasteiger partial charge in [-0.3, -0.25) is 14.4 Å². The molecular weight excluding hydrogens is 919 g/mol. The molecule has 0 aromatic carbocycles. The number of aliphatic hydroxyl groups is 1. The summed E-state index contributed by atoms with van der Waals surface area (Å²) in [5.41, 5.74) is -0.522. The molecule has 0 bridgehead atoms. The van der Waals surface area contributed by atoms with Crippen LogP contribution in [0.1, 0.15) is 292 Å². The first-order valence-electron chi connectivity index (χ1n) is 31.2. The van der Waals surface area contributed by atoms with Crippen LogP contribution in [0.4, 0.5) is 0 Å². The number of likely N-dealkylation sites (tertiary alicyclic amines) is 2. The number of aliphatic hydroxyl groups excluding tert-OH is 1. The number of piperidine rings is 1. The number of esters is 3. The minimum absolute atomic E-state index is 0.0513. The summed E-state index contributed by atoms with van der Waals surface area (Å²) in [7, 11) is 0. The van der Waals surface area contributed by atoms with Crippen LogP contribution in [0.2, 0.25) is 0 Å². The zero-order chi connectivity index (χ0) is 53.2. The van der Waals surface area contributed by atoms with Crippen LogP contribution in [0, 0.1) is 16.2 Å². The molecule has 2 atom stereocenters. The highest BCUT2D eigenvalue weighted by Gasteiger charge is 2.45. The Morgan fingerprint density at radius 1 is 0.589 bits per heavy atom. The molecule has 2 rings (SSSR count). The van der Waals surface area contributed by atoms with E-state index in [1.165, 1.54) is 116 Å². The van der Waals surface area contributed by atoms with Crippen molar-refractivity contribution in [2.75, 3.05) is 45.9 Å². The SMILES string of the molecule is CCCCCCCCC(CCCCCCCC)OC(=O)CCCCCCCO[N+](=O)[C@@H]1C[C@H](OC(=O)CCN2CCC(O)CC2)CN1CCCCCCC(C)(C)C(=O)OCCCC(CCCCC)CCCCC. The Bertz CT molecular complexity index is 1350. The average Bonchev–Trinajstić information content (AvgIpc) is 3.78. The smallest absolute Gasteiger partial charge is 0.316 e. The molecule has 12 nitrogen and oxygen atoms in total. The van der Waals surface area contributed by atoms with Gasteiger partial charge in [0.25, 0.3) is 0 Å². The third-order valence-corrected chi connectivity index (χ3v) is 15.8. The van der Waals surface area contributed by atoms with Crippen LogP contribution in [-0.4, -0.2) is 108 Å². The molecule has 0 amide bonds. The molecule has 2 aliphatic heterocycles. The van der Waals surface area contributed by atoms with E-state index in [1.807, 2.05) is 13.8 Å². The Balaban J connectivity index is 1.77. The minimum Gasteiger partial charge on any atom is -0.465 e. The number of rotatable bonds is 49. The van der Waals surface area contributed by atoms with Gasteiger partial charge in [0.1, 0.15) is 12.2 Å². The number of carbonyl (C=O) groups excluding carboxylic acids is 3. The second-order valence-electron chi connectivity index (χ2n) is 23.2. The normalized spacial score (nSPS) is 16.9. The molecule has 0 radical (unpaired) electrons. The van der Waals surface area contributed by atoms with Crippen LogP contribution in [-0.2, 0) is 33.4 Å². The fourth-order valence-corrected chi connectivity index (χ4v) is 10.8. The number of nitrogens with zero attached hydrogens (tertiary/aromatic N) is 3. The van der Waals surface area contributed by atoms with Crippen molar-refractivity contribution >= 4 is 17.9 Å². The highest BCUT2D eigenvalue weighted by Crippen LogP contribution is 2.29. The van der Waals surface area contributed by atoms with Crippen LogP contribution >= 0.6 is 0 Å². The summed E-state index contributed by atoms with van der Waals surface area (Å²) < 4.78 is 17.8. The van der Waals surface area contributed by atoms with E-state index >= 15 is 0 Å². The van der Waals surface area contributed by atoms with Crippen molar-refractivity contribution in [3.63, 3.8) is 0 Å². The summed E-state index contributed by atoms with van der Waals surface area (Å²) in [6, 6.07) is 0. The van der Waals surface area contributed by atoms with Gasteiger partial charge in [-0.25, -0.2) is 9.74 Å². The number of unbranched alkanes of at least 4 members (excludes halogenated alkanes) is 21. The van der Waals surface area contributed by atoms with Crippen LogP contribution in [0.15, 0.2) is 0 Å². The van der Waals surface area contributed by atoms with Crippen molar-refractivity contribution in [3.8, 4) is 0 Å². The summed E-state index contributed by atoms with van der Waals surface area (Å²) in [5, 5.41) is 9.87. The first kappa shape index (κ1) is 66.8. The standard InChI is InChI=1S/C61H116N3O9/c1-7-11-15-17-20-28-38-55(39-29-21-18-16-12-8-2)72-58(66)40-30-22-19-25-33-50-71-64(69)57-51-56(73-59(67)43-48-62-46-41-54(65)42-47-62)52-63(57)45-32-24-23-31-44-61(5,6)60(68)70-49-34-37-53(35-26-13-9-3)36-27-14-10-4/h53-57,65H,7-52H2,1-6H3/q+1/t56-,57+/m0/s1. The first-order valence-corrected chi connectivity index (χ1v) is 31.2. The Morgan fingerprint density at radius 3 is 1.74 bits per heavy atom. The van der Waals surface area contributed by atoms with E-state index in [0.717, 1.165) is 140 Å². The molecule has 2 aliphatic rings. The van der Waals surface area contributed by atoms with E-state index in [0.29, 0.717) is 45.7 Å². The van der Waals surface area contributed by atoms with Gasteiger partial charge in [-0.2, -0.15) is 0 Å². The number of ether oxygens (including phenoxy) is 3. The van der Waals surface area contributed by atoms with Gasteiger partial charge in [0.05, 0.1) is 35.9 Å². The third-order valence-electron chi connectivity index (χ3n) is 15.8. The summed E-state index contributed by atoms with van der Waals surface area (Å²) >= 11 is 0. The zero-order valence-electron chi connectivity index (χ0n) is 48.5. The second-order valence-corrected chi connectivity index (χ2v) is 23.2. The number of hydrogen-bond acceptors (Lipinski definition) is 11. The van der Waals surface area contributed by atoms with Gasteiger partial charge >= 0.3 is 24.1 Å². The summed E-state index contributed by atoms with van der Waals surface area (Å²) in [6.45, 7) is 17.2. The topological polar surface area (TPSA) is 135 Å². The maximum absolute atomic E-state index is 13.5. The summed E-state index contributed by atoms with van der Waals surface area (Å²) in [4.78, 5) is 63.4. The molecular formula is C61H116N3O9+. The van der Waals surface area contributed by atoms with Crippen molar-refractivity contribution in [2.24, 2.45) is 11.3 Å². The third kappa shape index (κ3) is 34.2. The van der Waals surface area contributed by atoms with Crippen LogP contribution in [0.5, 0.6) is 0 Å². The van der Waals surface area contributed by atoms with Gasteiger partial charge in [0.2, 0.25) is 4.92 Å². The monoisotopic (exact) mass is 1030 g/mol. The molecule has 0 spiro atoms. The van der Waals surface area contributed by atoms with E-state index in [-0.39, 0.29) is 42.6 Å². The predicted molar refractivity (Wildman–Crippen MR) is 298 cm³/mol. The Morgan fingerprint density at radius 2 is 1.11 bits per heavy atom. The lowest BCUT2D eigenvalue weighted by molar-refractivity contribution is -0.837. The quantitative estimate of drug-likeness (QED) is 0.0270. The van der Waals surface area contributed by atoms with Gasteiger partial charge in [-0.15, -0.1) is 0 Å². The first-order chi connectivity index (χ1) is 35.4. The predicted octanol–water partition coefficient (Wildman–Crippen LogP) is 15.3. The highest BCUT2D eigenvalue weighted by atomic mass is 16.8.